The van der Waals surface area contributed by atoms with Gasteiger partial charge in [0.25, 0.3) is 5.91 Å². The second-order valence-corrected chi connectivity index (χ2v) is 6.18. The second kappa shape index (κ2) is 4.74. The number of carbonyl (C=O) groups is 1. The largest absolute Gasteiger partial charge is 0.345 e. The molecule has 7 nitrogen and oxygen atoms in total. The van der Waals surface area contributed by atoms with Crippen molar-refractivity contribution < 1.29 is 17.6 Å². The van der Waals surface area contributed by atoms with Crippen LogP contribution in [0.15, 0.2) is 29.7 Å². The van der Waals surface area contributed by atoms with E-state index in [9.17, 15) is 17.6 Å². The summed E-state index contributed by atoms with van der Waals surface area (Å²) in [5.74, 6) is -2.00. The van der Waals surface area contributed by atoms with Gasteiger partial charge in [0.2, 0.25) is 10.0 Å². The summed E-state index contributed by atoms with van der Waals surface area (Å²) in [4.78, 5) is 11.1. The Morgan fingerprint density at radius 2 is 2.21 bits per heavy atom. The highest BCUT2D eigenvalue weighted by Crippen LogP contribution is 2.21. The van der Waals surface area contributed by atoms with Gasteiger partial charge in [-0.15, -0.1) is 0 Å². The quantitative estimate of drug-likeness (QED) is 0.749. The molecule has 2 rings (SSSR count). The normalized spacial score (nSPS) is 16.9. The van der Waals surface area contributed by atoms with E-state index in [1.54, 1.807) is 7.05 Å². The topological polar surface area (TPSA) is 84.3 Å². The molecule has 1 fully saturated rings. The minimum atomic E-state index is -3.59. The van der Waals surface area contributed by atoms with Crippen LogP contribution in [0, 0.1) is 0 Å². The molecule has 1 aromatic rings. The molecule has 104 valence electrons. The van der Waals surface area contributed by atoms with Gasteiger partial charge in [0.15, 0.2) is 5.83 Å². The van der Waals surface area contributed by atoms with Gasteiger partial charge in [0.05, 0.1) is 12.2 Å². The van der Waals surface area contributed by atoms with Gasteiger partial charge < -0.3 is 5.32 Å². The number of rotatable bonds is 4. The molecule has 0 saturated carbocycles. The number of carbonyl (C=O) groups excluding carboxylic acids is 1. The van der Waals surface area contributed by atoms with Gasteiger partial charge >= 0.3 is 0 Å². The minimum absolute atomic E-state index is 0.0923. The van der Waals surface area contributed by atoms with Crippen LogP contribution in [0.1, 0.15) is 0 Å². The summed E-state index contributed by atoms with van der Waals surface area (Å²) in [6, 6.07) is -0.397. The Kier molecular flexibility index (Phi) is 3.42. The summed E-state index contributed by atoms with van der Waals surface area (Å²) in [6.45, 7) is 3.08. The molecule has 0 spiro atoms. The van der Waals surface area contributed by atoms with Crippen LogP contribution in [0.5, 0.6) is 0 Å². The Bertz CT molecular complexity index is 618. The molecule has 0 radical (unpaired) electrons. The van der Waals surface area contributed by atoms with E-state index in [0.29, 0.717) is 0 Å². The third kappa shape index (κ3) is 2.66. The Balaban J connectivity index is 1.97. The molecule has 0 aromatic carbocycles. The van der Waals surface area contributed by atoms with Crippen molar-refractivity contribution in [3.05, 3.63) is 24.8 Å². The molecule has 1 aliphatic heterocycles. The van der Waals surface area contributed by atoms with Crippen LogP contribution in [-0.2, 0) is 21.9 Å². The zero-order chi connectivity index (χ0) is 14.2. The summed E-state index contributed by atoms with van der Waals surface area (Å²) >= 11 is 0. The molecule has 1 N–H and O–H groups in total. The lowest BCUT2D eigenvalue weighted by Crippen LogP contribution is -2.60. The number of hydrogen-bond acceptors (Lipinski definition) is 4. The van der Waals surface area contributed by atoms with Crippen LogP contribution in [0.2, 0.25) is 0 Å². The molecule has 9 heteroatoms. The van der Waals surface area contributed by atoms with Gasteiger partial charge in [-0.3, -0.25) is 9.48 Å². The van der Waals surface area contributed by atoms with E-state index in [4.69, 9.17) is 0 Å². The van der Waals surface area contributed by atoms with Crippen molar-refractivity contribution in [1.29, 1.82) is 0 Å². The first-order chi connectivity index (χ1) is 8.80. The highest BCUT2D eigenvalue weighted by Gasteiger charge is 2.38. The molecular formula is C10H13FN4O3S. The number of halogens is 1. The fourth-order valence-corrected chi connectivity index (χ4v) is 3.19. The molecule has 0 atom stereocenters. The van der Waals surface area contributed by atoms with E-state index < -0.39 is 27.8 Å². The lowest BCUT2D eigenvalue weighted by Gasteiger charge is -2.37. The first-order valence-corrected chi connectivity index (χ1v) is 6.89. The number of sulfonamides is 1. The van der Waals surface area contributed by atoms with Crippen molar-refractivity contribution >= 4 is 15.9 Å². The van der Waals surface area contributed by atoms with Crippen LogP contribution in [0.25, 0.3) is 0 Å². The van der Waals surface area contributed by atoms with Crippen LogP contribution in [0.3, 0.4) is 0 Å². The molecular weight excluding hydrogens is 275 g/mol. The van der Waals surface area contributed by atoms with E-state index >= 15 is 0 Å². The third-order valence-electron chi connectivity index (χ3n) is 2.75. The number of hydrogen-bond donors (Lipinski definition) is 1. The zero-order valence-electron chi connectivity index (χ0n) is 10.2. The first kappa shape index (κ1) is 13.7. The lowest BCUT2D eigenvalue weighted by atomic mass is 10.2. The zero-order valence-corrected chi connectivity index (χ0v) is 11.0. The van der Waals surface area contributed by atoms with E-state index in [0.717, 1.165) is 0 Å². The Hall–Kier alpha value is -1.74. The Labute approximate surface area is 109 Å². The maximum atomic E-state index is 12.5. The smallest absolute Gasteiger partial charge is 0.279 e. The number of nitrogens with one attached hydrogen (secondary N) is 1. The molecule has 1 aliphatic rings. The first-order valence-electron chi connectivity index (χ1n) is 5.45. The monoisotopic (exact) mass is 288 g/mol. The predicted molar refractivity (Wildman–Crippen MR) is 64.1 cm³/mol. The van der Waals surface area contributed by atoms with Gasteiger partial charge in [-0.1, -0.05) is 6.58 Å². The summed E-state index contributed by atoms with van der Waals surface area (Å²) in [7, 11) is -1.97. The van der Waals surface area contributed by atoms with Crippen molar-refractivity contribution in [2.24, 2.45) is 7.05 Å². The molecule has 2 heterocycles. The average molecular weight is 288 g/mol. The lowest BCUT2D eigenvalue weighted by molar-refractivity contribution is -0.120. The number of nitrogens with zero attached hydrogens (tertiary/aromatic N) is 3. The molecule has 1 amide bonds. The number of amides is 1. The SMILES string of the molecule is C=C(F)C(=O)NC1CN(S(=O)(=O)c2cnn(C)c2)C1. The molecule has 19 heavy (non-hydrogen) atoms. The van der Waals surface area contributed by atoms with Crippen molar-refractivity contribution in [2.45, 2.75) is 10.9 Å². The molecule has 0 bridgehead atoms. The molecule has 0 unspecified atom stereocenters. The van der Waals surface area contributed by atoms with E-state index in [1.807, 2.05) is 0 Å². The van der Waals surface area contributed by atoms with Gasteiger partial charge in [-0.2, -0.15) is 9.40 Å². The van der Waals surface area contributed by atoms with Crippen molar-refractivity contribution in [3.63, 3.8) is 0 Å². The number of aryl methyl sites for hydroxylation is 1. The van der Waals surface area contributed by atoms with Gasteiger partial charge in [-0.25, -0.2) is 12.8 Å². The van der Waals surface area contributed by atoms with Crippen LogP contribution < -0.4 is 5.32 Å². The van der Waals surface area contributed by atoms with Crippen LogP contribution >= 0.6 is 0 Å². The van der Waals surface area contributed by atoms with Crippen molar-refractivity contribution in [3.8, 4) is 0 Å². The fourth-order valence-electron chi connectivity index (χ4n) is 1.67. The van der Waals surface area contributed by atoms with E-state index in [1.165, 1.54) is 21.4 Å². The maximum Gasteiger partial charge on any atom is 0.279 e. The highest BCUT2D eigenvalue weighted by molar-refractivity contribution is 7.89. The number of aromatic nitrogens is 2. The average Bonchev–Trinajstić information content (AvgIpc) is 2.69. The molecule has 1 saturated heterocycles. The van der Waals surface area contributed by atoms with Gasteiger partial charge in [0.1, 0.15) is 4.90 Å². The van der Waals surface area contributed by atoms with Gasteiger partial charge in [-0.05, 0) is 0 Å². The standard InChI is InChI=1S/C10H13FN4O3S/c1-7(11)10(16)13-8-4-15(5-8)19(17,18)9-3-12-14(2)6-9/h3,6,8H,1,4-5H2,2H3,(H,13,16). The summed E-state index contributed by atoms with van der Waals surface area (Å²) in [5, 5.41) is 6.13. The second-order valence-electron chi connectivity index (χ2n) is 4.25. The van der Waals surface area contributed by atoms with Crippen LogP contribution in [0.4, 0.5) is 4.39 Å². The van der Waals surface area contributed by atoms with E-state index in [2.05, 4.69) is 17.0 Å². The Morgan fingerprint density at radius 3 is 2.68 bits per heavy atom. The van der Waals surface area contributed by atoms with Crippen molar-refractivity contribution in [2.75, 3.05) is 13.1 Å². The third-order valence-corrected chi connectivity index (χ3v) is 4.53. The molecule has 1 aromatic heterocycles. The predicted octanol–water partition coefficient (Wildman–Crippen LogP) is -0.608. The van der Waals surface area contributed by atoms with Gasteiger partial charge in [0, 0.05) is 26.3 Å². The summed E-state index contributed by atoms with van der Waals surface area (Å²) in [5.41, 5.74) is 0. The highest BCUT2D eigenvalue weighted by atomic mass is 32.2. The Morgan fingerprint density at radius 1 is 1.58 bits per heavy atom. The molecule has 0 aliphatic carbocycles. The van der Waals surface area contributed by atoms with E-state index in [-0.39, 0.29) is 18.0 Å². The summed E-state index contributed by atoms with van der Waals surface area (Å²) in [6.07, 6.45) is 2.65. The fraction of sp³-hybridized carbons (Fsp3) is 0.400. The van der Waals surface area contributed by atoms with Crippen molar-refractivity contribution in [1.82, 2.24) is 19.4 Å². The minimum Gasteiger partial charge on any atom is -0.345 e. The van der Waals surface area contributed by atoms with Crippen LogP contribution in [-0.4, -0.2) is 47.5 Å². The summed E-state index contributed by atoms with van der Waals surface area (Å²) < 4.78 is 39.2. The maximum absolute atomic E-state index is 12.5.